The van der Waals surface area contributed by atoms with Crippen LogP contribution in [0.5, 0.6) is 5.75 Å². The van der Waals surface area contributed by atoms with E-state index in [0.29, 0.717) is 29.4 Å². The van der Waals surface area contributed by atoms with Gasteiger partial charge in [0.15, 0.2) is 0 Å². The average Bonchev–Trinajstić information content (AvgIpc) is 3.00. The van der Waals surface area contributed by atoms with Crippen LogP contribution in [0.3, 0.4) is 0 Å². The van der Waals surface area contributed by atoms with Crippen LogP contribution in [0, 0.1) is 23.2 Å². The number of phenols is 1. The molecule has 0 aliphatic heterocycles. The molecular weight excluding hydrogens is 384 g/mol. The molecule has 3 nitrogen and oxygen atoms in total. The standard InChI is InChI=1S/C28H44O3/c1-5-27(30,6-2)15-8-9-20-18-25-24-12-10-19-17-21(29)11-13-22(19)23(24)14-16-26(25,4)28(20,31)7-3/h11,13,17,20,23-25,29-31H,5-10,12,14-16,18H2,1-4H3/t20-,23+,24+,25-,26-,28-/m0/s1. The quantitative estimate of drug-likeness (QED) is 0.475. The van der Waals surface area contributed by atoms with Gasteiger partial charge in [0.25, 0.3) is 0 Å². The number of fused-ring (bicyclic) bond motifs is 5. The summed E-state index contributed by atoms with van der Waals surface area (Å²) in [6, 6.07) is 6.00. The summed E-state index contributed by atoms with van der Waals surface area (Å²) < 4.78 is 0. The molecular formula is C28H44O3. The monoisotopic (exact) mass is 428 g/mol. The van der Waals surface area contributed by atoms with Crippen molar-refractivity contribution >= 4 is 0 Å². The van der Waals surface area contributed by atoms with Crippen molar-refractivity contribution in [3.63, 3.8) is 0 Å². The first kappa shape index (κ1) is 23.1. The van der Waals surface area contributed by atoms with Crippen molar-refractivity contribution < 1.29 is 15.3 Å². The number of aliphatic hydroxyl groups is 2. The van der Waals surface area contributed by atoms with Crippen molar-refractivity contribution in [1.29, 1.82) is 0 Å². The second-order valence-electron chi connectivity index (χ2n) is 11.3. The molecule has 0 heterocycles. The molecule has 2 fully saturated rings. The maximum absolute atomic E-state index is 12.1. The first-order valence-electron chi connectivity index (χ1n) is 13.0. The lowest BCUT2D eigenvalue weighted by atomic mass is 9.53. The zero-order valence-corrected chi connectivity index (χ0v) is 20.2. The van der Waals surface area contributed by atoms with E-state index < -0.39 is 11.2 Å². The van der Waals surface area contributed by atoms with Crippen LogP contribution in [0.4, 0.5) is 0 Å². The van der Waals surface area contributed by atoms with Gasteiger partial charge in [-0.3, -0.25) is 0 Å². The second kappa shape index (κ2) is 8.37. The Morgan fingerprint density at radius 3 is 2.55 bits per heavy atom. The van der Waals surface area contributed by atoms with Crippen molar-refractivity contribution in [2.75, 3.05) is 0 Å². The molecule has 174 valence electrons. The Hall–Kier alpha value is -1.06. The fourth-order valence-electron chi connectivity index (χ4n) is 8.16. The van der Waals surface area contributed by atoms with Gasteiger partial charge in [-0.1, -0.05) is 40.2 Å². The molecule has 3 N–H and O–H groups in total. The molecule has 3 aliphatic rings. The van der Waals surface area contributed by atoms with Crippen molar-refractivity contribution in [2.24, 2.45) is 23.2 Å². The third kappa shape index (κ3) is 3.64. The molecule has 31 heavy (non-hydrogen) atoms. The highest BCUT2D eigenvalue weighted by atomic mass is 16.3. The third-order valence-electron chi connectivity index (χ3n) is 10.4. The van der Waals surface area contributed by atoms with E-state index in [1.807, 2.05) is 12.1 Å². The van der Waals surface area contributed by atoms with Crippen LogP contribution in [-0.2, 0) is 6.42 Å². The zero-order chi connectivity index (χ0) is 22.4. The van der Waals surface area contributed by atoms with E-state index in [1.54, 1.807) is 0 Å². The third-order valence-corrected chi connectivity index (χ3v) is 10.4. The number of rotatable bonds is 7. The predicted octanol–water partition coefficient (Wildman–Crippen LogP) is 6.34. The van der Waals surface area contributed by atoms with E-state index in [2.05, 4.69) is 33.8 Å². The molecule has 0 spiro atoms. The van der Waals surface area contributed by atoms with Crippen molar-refractivity contribution in [2.45, 2.75) is 115 Å². The van der Waals surface area contributed by atoms with Gasteiger partial charge in [-0.2, -0.15) is 0 Å². The van der Waals surface area contributed by atoms with Gasteiger partial charge in [0.05, 0.1) is 11.2 Å². The van der Waals surface area contributed by atoms with Gasteiger partial charge in [-0.05, 0) is 117 Å². The Balaban J connectivity index is 1.55. The molecule has 0 unspecified atom stereocenters. The van der Waals surface area contributed by atoms with Gasteiger partial charge in [0.2, 0.25) is 0 Å². The van der Waals surface area contributed by atoms with E-state index >= 15 is 0 Å². The topological polar surface area (TPSA) is 60.7 Å². The minimum Gasteiger partial charge on any atom is -0.508 e. The highest BCUT2D eigenvalue weighted by Gasteiger charge is 2.64. The molecule has 1 aromatic carbocycles. The van der Waals surface area contributed by atoms with Crippen LogP contribution in [-0.4, -0.2) is 26.5 Å². The summed E-state index contributed by atoms with van der Waals surface area (Å²) in [6.45, 7) is 8.73. The number of aromatic hydroxyl groups is 1. The number of hydrogen-bond acceptors (Lipinski definition) is 3. The van der Waals surface area contributed by atoms with Crippen LogP contribution in [0.15, 0.2) is 18.2 Å². The smallest absolute Gasteiger partial charge is 0.115 e. The SMILES string of the molecule is CCC(O)(CC)CCC[C@H]1C[C@H]2[C@@H]3CCc4cc(O)ccc4[C@H]3CC[C@]2(C)[C@]1(O)CC. The molecule has 3 aliphatic carbocycles. The number of aryl methyl sites for hydroxylation is 1. The lowest BCUT2D eigenvalue weighted by molar-refractivity contribution is -0.125. The maximum Gasteiger partial charge on any atom is 0.115 e. The predicted molar refractivity (Wildman–Crippen MR) is 126 cm³/mol. The maximum atomic E-state index is 12.1. The number of benzene rings is 1. The lowest BCUT2D eigenvalue weighted by Gasteiger charge is -2.53. The molecule has 0 radical (unpaired) electrons. The molecule has 0 amide bonds. The Morgan fingerprint density at radius 1 is 1.13 bits per heavy atom. The number of hydrogen-bond donors (Lipinski definition) is 3. The fraction of sp³-hybridized carbons (Fsp3) is 0.786. The zero-order valence-electron chi connectivity index (χ0n) is 20.2. The Kier molecular flexibility index (Phi) is 6.24. The van der Waals surface area contributed by atoms with Gasteiger partial charge in [0, 0.05) is 0 Å². The Bertz CT molecular complexity index is 784. The van der Waals surface area contributed by atoms with Crippen LogP contribution in [0.1, 0.15) is 109 Å². The Labute approximate surface area is 189 Å². The van der Waals surface area contributed by atoms with Gasteiger partial charge in [0.1, 0.15) is 5.75 Å². The van der Waals surface area contributed by atoms with Crippen molar-refractivity contribution in [1.82, 2.24) is 0 Å². The van der Waals surface area contributed by atoms with Crippen LogP contribution < -0.4 is 0 Å². The first-order valence-corrected chi connectivity index (χ1v) is 13.0. The van der Waals surface area contributed by atoms with E-state index in [1.165, 1.54) is 17.5 Å². The molecule has 0 saturated heterocycles. The normalized spacial score (nSPS) is 37.2. The van der Waals surface area contributed by atoms with Crippen molar-refractivity contribution in [3.05, 3.63) is 29.3 Å². The van der Waals surface area contributed by atoms with Crippen LogP contribution >= 0.6 is 0 Å². The van der Waals surface area contributed by atoms with Gasteiger partial charge in [-0.25, -0.2) is 0 Å². The number of phenolic OH excluding ortho intramolecular Hbond substituents is 1. The largest absolute Gasteiger partial charge is 0.508 e. The average molecular weight is 429 g/mol. The summed E-state index contributed by atoms with van der Waals surface area (Å²) in [6.07, 6.45) is 10.9. The van der Waals surface area contributed by atoms with Crippen LogP contribution in [0.25, 0.3) is 0 Å². The summed E-state index contributed by atoms with van der Waals surface area (Å²) in [4.78, 5) is 0. The van der Waals surface area contributed by atoms with E-state index in [-0.39, 0.29) is 5.41 Å². The van der Waals surface area contributed by atoms with Gasteiger partial charge in [-0.15, -0.1) is 0 Å². The first-order chi connectivity index (χ1) is 14.7. The summed E-state index contributed by atoms with van der Waals surface area (Å²) in [5.41, 5.74) is 1.66. The molecule has 4 rings (SSSR count). The molecule has 1 aromatic rings. The summed E-state index contributed by atoms with van der Waals surface area (Å²) in [5.74, 6) is 2.51. The molecule has 0 aromatic heterocycles. The Morgan fingerprint density at radius 2 is 1.87 bits per heavy atom. The van der Waals surface area contributed by atoms with Gasteiger partial charge >= 0.3 is 0 Å². The minimum atomic E-state index is -0.589. The molecule has 0 bridgehead atoms. The van der Waals surface area contributed by atoms with E-state index in [0.717, 1.165) is 64.2 Å². The van der Waals surface area contributed by atoms with E-state index in [4.69, 9.17) is 0 Å². The van der Waals surface area contributed by atoms with Gasteiger partial charge < -0.3 is 15.3 Å². The summed E-state index contributed by atoms with van der Waals surface area (Å²) in [5, 5.41) is 32.8. The minimum absolute atomic E-state index is 0.00613. The van der Waals surface area contributed by atoms with Crippen molar-refractivity contribution in [3.8, 4) is 5.75 Å². The highest BCUT2D eigenvalue weighted by Crippen LogP contribution is 2.67. The highest BCUT2D eigenvalue weighted by molar-refractivity contribution is 5.40. The summed E-state index contributed by atoms with van der Waals surface area (Å²) in [7, 11) is 0. The van der Waals surface area contributed by atoms with E-state index in [9.17, 15) is 15.3 Å². The lowest BCUT2D eigenvalue weighted by Crippen LogP contribution is -2.52. The van der Waals surface area contributed by atoms with Crippen LogP contribution in [0.2, 0.25) is 0 Å². The summed E-state index contributed by atoms with van der Waals surface area (Å²) >= 11 is 0. The molecule has 2 saturated carbocycles. The second-order valence-corrected chi connectivity index (χ2v) is 11.3. The molecule has 3 heteroatoms. The molecule has 6 atom stereocenters. The fourth-order valence-corrected chi connectivity index (χ4v) is 8.16.